The molecule has 1 aliphatic heterocycles. The van der Waals surface area contributed by atoms with Gasteiger partial charge in [-0.05, 0) is 33.2 Å². The Kier molecular flexibility index (Phi) is 4.12. The van der Waals surface area contributed by atoms with Crippen molar-refractivity contribution >= 4 is 0 Å². The molecule has 0 aromatic heterocycles. The van der Waals surface area contributed by atoms with Gasteiger partial charge in [0.1, 0.15) is 0 Å². The molecule has 1 saturated heterocycles. The molecule has 1 fully saturated rings. The molecular formula is C11H24N2O2. The summed E-state index contributed by atoms with van der Waals surface area (Å²) in [6.07, 6.45) is 2.23. The normalized spacial score (nSPS) is 32.6. The third kappa shape index (κ3) is 3.72. The Morgan fingerprint density at radius 1 is 1.60 bits per heavy atom. The second-order valence-electron chi connectivity index (χ2n) is 5.28. The van der Waals surface area contributed by atoms with Gasteiger partial charge in [0.25, 0.3) is 0 Å². The SMILES string of the molecule is COC1(C)CCCN(CC(C)(N)CO)C1. The van der Waals surface area contributed by atoms with Crippen LogP contribution in [-0.2, 0) is 4.74 Å². The zero-order valence-corrected chi connectivity index (χ0v) is 10.1. The van der Waals surface area contributed by atoms with E-state index in [0.29, 0.717) is 0 Å². The summed E-state index contributed by atoms with van der Waals surface area (Å²) in [5, 5.41) is 9.13. The van der Waals surface area contributed by atoms with Crippen LogP contribution in [0.5, 0.6) is 0 Å². The molecule has 1 heterocycles. The van der Waals surface area contributed by atoms with Crippen LogP contribution >= 0.6 is 0 Å². The summed E-state index contributed by atoms with van der Waals surface area (Å²) in [5.74, 6) is 0. The summed E-state index contributed by atoms with van der Waals surface area (Å²) < 4.78 is 5.51. The second kappa shape index (κ2) is 4.78. The second-order valence-corrected chi connectivity index (χ2v) is 5.28. The van der Waals surface area contributed by atoms with Crippen molar-refractivity contribution in [3.63, 3.8) is 0 Å². The van der Waals surface area contributed by atoms with Gasteiger partial charge in [-0.1, -0.05) is 0 Å². The average molecular weight is 216 g/mol. The molecule has 0 bridgehead atoms. The average Bonchev–Trinajstić information content (AvgIpc) is 2.17. The van der Waals surface area contributed by atoms with Crippen LogP contribution < -0.4 is 5.73 Å². The van der Waals surface area contributed by atoms with Gasteiger partial charge in [-0.3, -0.25) is 4.90 Å². The van der Waals surface area contributed by atoms with Gasteiger partial charge < -0.3 is 15.6 Å². The largest absolute Gasteiger partial charge is 0.394 e. The zero-order valence-electron chi connectivity index (χ0n) is 10.1. The van der Waals surface area contributed by atoms with Crippen molar-refractivity contribution in [2.24, 2.45) is 5.73 Å². The highest BCUT2D eigenvalue weighted by Gasteiger charge is 2.33. The summed E-state index contributed by atoms with van der Waals surface area (Å²) in [7, 11) is 1.76. The number of hydrogen-bond acceptors (Lipinski definition) is 4. The minimum Gasteiger partial charge on any atom is -0.394 e. The van der Waals surface area contributed by atoms with E-state index in [-0.39, 0.29) is 12.2 Å². The molecule has 2 unspecified atom stereocenters. The maximum absolute atomic E-state index is 9.13. The number of piperidine rings is 1. The zero-order chi connectivity index (χ0) is 11.5. The number of aliphatic hydroxyl groups is 1. The quantitative estimate of drug-likeness (QED) is 0.704. The Bertz CT molecular complexity index is 207. The molecule has 3 N–H and O–H groups in total. The monoisotopic (exact) mass is 216 g/mol. The van der Waals surface area contributed by atoms with E-state index in [0.717, 1.165) is 32.5 Å². The highest BCUT2D eigenvalue weighted by Crippen LogP contribution is 2.24. The molecule has 0 aromatic rings. The fourth-order valence-electron chi connectivity index (χ4n) is 2.17. The van der Waals surface area contributed by atoms with E-state index in [1.165, 1.54) is 0 Å². The van der Waals surface area contributed by atoms with Crippen LogP contribution in [0.4, 0.5) is 0 Å². The number of likely N-dealkylation sites (tertiary alicyclic amines) is 1. The summed E-state index contributed by atoms with van der Waals surface area (Å²) in [6, 6.07) is 0. The summed E-state index contributed by atoms with van der Waals surface area (Å²) >= 11 is 0. The van der Waals surface area contributed by atoms with Crippen LogP contribution in [0.1, 0.15) is 26.7 Å². The van der Waals surface area contributed by atoms with Crippen LogP contribution in [0.15, 0.2) is 0 Å². The van der Waals surface area contributed by atoms with Gasteiger partial charge in [0.15, 0.2) is 0 Å². The number of aliphatic hydroxyl groups excluding tert-OH is 1. The third-order valence-electron chi connectivity index (χ3n) is 3.18. The smallest absolute Gasteiger partial charge is 0.0777 e. The predicted molar refractivity (Wildman–Crippen MR) is 60.8 cm³/mol. The summed E-state index contributed by atoms with van der Waals surface area (Å²) in [6.45, 7) is 6.70. The van der Waals surface area contributed by atoms with Gasteiger partial charge in [-0.2, -0.15) is 0 Å². The Labute approximate surface area is 92.4 Å². The maximum Gasteiger partial charge on any atom is 0.0777 e. The summed E-state index contributed by atoms with van der Waals surface area (Å²) in [5.41, 5.74) is 5.38. The molecule has 2 atom stereocenters. The Morgan fingerprint density at radius 3 is 2.80 bits per heavy atom. The molecule has 0 amide bonds. The van der Waals surface area contributed by atoms with Crippen LogP contribution in [0, 0.1) is 0 Å². The fourth-order valence-corrected chi connectivity index (χ4v) is 2.17. The van der Waals surface area contributed by atoms with Crippen molar-refractivity contribution in [3.8, 4) is 0 Å². The van der Waals surface area contributed by atoms with Crippen LogP contribution in [0.25, 0.3) is 0 Å². The third-order valence-corrected chi connectivity index (χ3v) is 3.18. The van der Waals surface area contributed by atoms with E-state index >= 15 is 0 Å². The van der Waals surface area contributed by atoms with Gasteiger partial charge in [0.2, 0.25) is 0 Å². The molecule has 0 radical (unpaired) electrons. The van der Waals surface area contributed by atoms with Crippen molar-refractivity contribution in [1.82, 2.24) is 4.90 Å². The molecule has 4 nitrogen and oxygen atoms in total. The molecular weight excluding hydrogens is 192 g/mol. The van der Waals surface area contributed by atoms with Gasteiger partial charge in [0.05, 0.1) is 12.2 Å². The Balaban J connectivity index is 2.50. The minimum absolute atomic E-state index is 0.0210. The molecule has 0 saturated carbocycles. The minimum atomic E-state index is -0.508. The Hall–Kier alpha value is -0.160. The molecule has 15 heavy (non-hydrogen) atoms. The van der Waals surface area contributed by atoms with Crippen molar-refractivity contribution in [3.05, 3.63) is 0 Å². The lowest BCUT2D eigenvalue weighted by Gasteiger charge is -2.42. The van der Waals surface area contributed by atoms with Gasteiger partial charge in [-0.25, -0.2) is 0 Å². The highest BCUT2D eigenvalue weighted by molar-refractivity contribution is 4.89. The molecule has 90 valence electrons. The number of hydrogen-bond donors (Lipinski definition) is 2. The number of nitrogens with zero attached hydrogens (tertiary/aromatic N) is 1. The topological polar surface area (TPSA) is 58.7 Å². The summed E-state index contributed by atoms with van der Waals surface area (Å²) in [4.78, 5) is 2.28. The van der Waals surface area contributed by atoms with E-state index in [1.54, 1.807) is 7.11 Å². The van der Waals surface area contributed by atoms with E-state index < -0.39 is 5.54 Å². The van der Waals surface area contributed by atoms with Crippen molar-refractivity contribution in [1.29, 1.82) is 0 Å². The van der Waals surface area contributed by atoms with Crippen molar-refractivity contribution in [2.45, 2.75) is 37.8 Å². The van der Waals surface area contributed by atoms with E-state index in [9.17, 15) is 0 Å². The highest BCUT2D eigenvalue weighted by atomic mass is 16.5. The fraction of sp³-hybridized carbons (Fsp3) is 1.00. The number of nitrogens with two attached hydrogens (primary N) is 1. The standard InChI is InChI=1S/C11H24N2O2/c1-10(12,9-14)7-13-6-4-5-11(2,8-13)15-3/h14H,4-9,12H2,1-3H3. The number of ether oxygens (including phenoxy) is 1. The van der Waals surface area contributed by atoms with Gasteiger partial charge in [0, 0.05) is 25.7 Å². The van der Waals surface area contributed by atoms with Gasteiger partial charge in [-0.15, -0.1) is 0 Å². The van der Waals surface area contributed by atoms with Gasteiger partial charge >= 0.3 is 0 Å². The lowest BCUT2D eigenvalue weighted by molar-refractivity contribution is -0.0559. The molecule has 0 aliphatic carbocycles. The first-order valence-electron chi connectivity index (χ1n) is 5.58. The van der Waals surface area contributed by atoms with Crippen molar-refractivity contribution in [2.75, 3.05) is 33.4 Å². The first-order valence-corrected chi connectivity index (χ1v) is 5.58. The van der Waals surface area contributed by atoms with Crippen LogP contribution in [0.2, 0.25) is 0 Å². The predicted octanol–water partition coefficient (Wildman–Crippen LogP) is 0.197. The molecule has 1 aliphatic rings. The molecule has 0 aromatic carbocycles. The first-order chi connectivity index (χ1) is 6.91. The van der Waals surface area contributed by atoms with E-state index in [2.05, 4.69) is 11.8 Å². The maximum atomic E-state index is 9.13. The Morgan fingerprint density at radius 2 is 2.27 bits per heavy atom. The van der Waals surface area contributed by atoms with Crippen LogP contribution in [-0.4, -0.2) is 54.5 Å². The van der Waals surface area contributed by atoms with Crippen molar-refractivity contribution < 1.29 is 9.84 Å². The number of methoxy groups -OCH3 is 1. The van der Waals surface area contributed by atoms with E-state index in [1.807, 2.05) is 6.92 Å². The lowest BCUT2D eigenvalue weighted by atomic mass is 9.93. The first kappa shape index (κ1) is 12.9. The number of rotatable bonds is 4. The molecule has 0 spiro atoms. The van der Waals surface area contributed by atoms with Crippen LogP contribution in [0.3, 0.4) is 0 Å². The van der Waals surface area contributed by atoms with E-state index in [4.69, 9.17) is 15.6 Å². The molecule has 4 heteroatoms. The molecule has 1 rings (SSSR count). The lowest BCUT2D eigenvalue weighted by Crippen LogP contribution is -2.56.